The van der Waals surface area contributed by atoms with Gasteiger partial charge in [0.15, 0.2) is 0 Å². The second-order valence-electron chi connectivity index (χ2n) is 3.52. The molecule has 0 rings (SSSR count). The van der Waals surface area contributed by atoms with Crippen molar-refractivity contribution in [2.45, 2.75) is 19.8 Å². The van der Waals surface area contributed by atoms with Crippen molar-refractivity contribution in [3.63, 3.8) is 0 Å². The summed E-state index contributed by atoms with van der Waals surface area (Å²) in [5.41, 5.74) is -1.24. The van der Waals surface area contributed by atoms with E-state index in [4.69, 9.17) is 4.74 Å². The van der Waals surface area contributed by atoms with Crippen LogP contribution in [0.2, 0.25) is 0 Å². The molecular formula is C11H14Br2O3. The molecular weight excluding hydrogens is 340 g/mol. The van der Waals surface area contributed by atoms with Gasteiger partial charge in [0.2, 0.25) is 0 Å². The number of methoxy groups -OCH3 is 1. The average Bonchev–Trinajstić information content (AvgIpc) is 2.13. The predicted molar refractivity (Wildman–Crippen MR) is 70.5 cm³/mol. The van der Waals surface area contributed by atoms with Gasteiger partial charge in [-0.3, -0.25) is 9.59 Å². The minimum Gasteiger partial charge on any atom is -0.468 e. The monoisotopic (exact) mass is 352 g/mol. The van der Waals surface area contributed by atoms with Crippen LogP contribution in [0.3, 0.4) is 0 Å². The van der Waals surface area contributed by atoms with Crippen molar-refractivity contribution < 1.29 is 14.3 Å². The molecule has 0 aliphatic heterocycles. The lowest BCUT2D eigenvalue weighted by atomic mass is 9.77. The summed E-state index contributed by atoms with van der Waals surface area (Å²) >= 11 is 6.33. The number of ether oxygens (including phenoxy) is 1. The number of rotatable bonds is 6. The highest BCUT2D eigenvalue weighted by Gasteiger charge is 2.44. The van der Waals surface area contributed by atoms with Crippen molar-refractivity contribution in [1.82, 2.24) is 0 Å². The van der Waals surface area contributed by atoms with Gasteiger partial charge in [-0.2, -0.15) is 0 Å². The fourth-order valence-electron chi connectivity index (χ4n) is 1.45. The van der Waals surface area contributed by atoms with Crippen LogP contribution >= 0.6 is 31.9 Å². The molecule has 0 amide bonds. The molecule has 0 aromatic carbocycles. The highest BCUT2D eigenvalue weighted by Crippen LogP contribution is 2.38. The maximum atomic E-state index is 11.8. The second kappa shape index (κ2) is 6.35. The Morgan fingerprint density at radius 1 is 1.19 bits per heavy atom. The highest BCUT2D eigenvalue weighted by atomic mass is 79.9. The van der Waals surface area contributed by atoms with Crippen LogP contribution in [-0.4, -0.2) is 18.9 Å². The van der Waals surface area contributed by atoms with Crippen LogP contribution in [0.5, 0.6) is 0 Å². The Hall–Kier alpha value is -0.420. The lowest BCUT2D eigenvalue weighted by Crippen LogP contribution is -2.39. The number of carbonyl (C=O) groups excluding carboxylic acids is 2. The van der Waals surface area contributed by atoms with Crippen LogP contribution in [-0.2, 0) is 14.3 Å². The van der Waals surface area contributed by atoms with Gasteiger partial charge in [-0.25, -0.2) is 0 Å². The van der Waals surface area contributed by atoms with E-state index >= 15 is 0 Å². The Labute approximate surface area is 112 Å². The van der Waals surface area contributed by atoms with Crippen molar-refractivity contribution in [2.24, 2.45) is 5.41 Å². The Bertz CT molecular complexity index is 318. The van der Waals surface area contributed by atoms with E-state index in [-0.39, 0.29) is 18.6 Å². The lowest BCUT2D eigenvalue weighted by Gasteiger charge is -2.27. The van der Waals surface area contributed by atoms with Gasteiger partial charge in [-0.05, 0) is 15.9 Å². The zero-order chi connectivity index (χ0) is 12.9. The molecule has 0 saturated heterocycles. The van der Waals surface area contributed by atoms with Crippen LogP contribution in [0.15, 0.2) is 22.1 Å². The van der Waals surface area contributed by atoms with Crippen LogP contribution in [0.1, 0.15) is 19.8 Å². The van der Waals surface area contributed by atoms with Gasteiger partial charge in [0.05, 0.1) is 7.11 Å². The Morgan fingerprint density at radius 3 is 1.75 bits per heavy atom. The number of carbonyl (C=O) groups is 2. The van der Waals surface area contributed by atoms with E-state index in [1.165, 1.54) is 14.0 Å². The molecule has 0 aliphatic rings. The highest BCUT2D eigenvalue weighted by molar-refractivity contribution is 9.12. The minimum atomic E-state index is -1.24. The number of halogens is 2. The molecule has 0 atom stereocenters. The Morgan fingerprint density at radius 2 is 1.56 bits per heavy atom. The second-order valence-corrected chi connectivity index (χ2v) is 5.76. The molecule has 0 radical (unpaired) electrons. The zero-order valence-electron chi connectivity index (χ0n) is 9.31. The maximum absolute atomic E-state index is 11.8. The third kappa shape index (κ3) is 3.87. The normalized spacial score (nSPS) is 10.8. The average molecular weight is 354 g/mol. The van der Waals surface area contributed by atoms with Crippen molar-refractivity contribution >= 4 is 43.6 Å². The molecule has 0 N–H and O–H groups in total. The topological polar surface area (TPSA) is 43.4 Å². The molecule has 90 valence electrons. The Balaban J connectivity index is 5.37. The molecule has 0 aromatic heterocycles. The number of hydrogen-bond donors (Lipinski definition) is 0. The van der Waals surface area contributed by atoms with Crippen molar-refractivity contribution in [3.8, 4) is 0 Å². The fraction of sp³-hybridized carbons (Fsp3) is 0.455. The quantitative estimate of drug-likeness (QED) is 0.543. The predicted octanol–water partition coefficient (Wildman–Crippen LogP) is 3.33. The largest absolute Gasteiger partial charge is 0.468 e. The minimum absolute atomic E-state index is 0.194. The summed E-state index contributed by atoms with van der Waals surface area (Å²) in [5.74, 6) is -0.832. The molecule has 0 spiro atoms. The van der Waals surface area contributed by atoms with Crippen molar-refractivity contribution in [3.05, 3.63) is 22.1 Å². The molecule has 0 aromatic rings. The summed E-state index contributed by atoms with van der Waals surface area (Å²) in [6, 6.07) is 0. The third-order valence-corrected chi connectivity index (χ3v) is 2.80. The molecule has 0 heterocycles. The van der Waals surface area contributed by atoms with E-state index < -0.39 is 11.4 Å². The first-order chi connectivity index (χ1) is 7.26. The molecule has 3 nitrogen and oxygen atoms in total. The van der Waals surface area contributed by atoms with Gasteiger partial charge in [-0.1, -0.05) is 45.0 Å². The van der Waals surface area contributed by atoms with Gasteiger partial charge >= 0.3 is 5.97 Å². The summed E-state index contributed by atoms with van der Waals surface area (Å²) < 4.78 is 5.84. The molecule has 16 heavy (non-hydrogen) atoms. The first-order valence-electron chi connectivity index (χ1n) is 4.52. The summed E-state index contributed by atoms with van der Waals surface area (Å²) in [4.78, 5) is 23.5. The number of esters is 1. The number of Topliss-reactive ketones (excluding diaryl/α,β-unsaturated/α-hetero) is 1. The fourth-order valence-corrected chi connectivity index (χ4v) is 2.41. The van der Waals surface area contributed by atoms with E-state index in [0.29, 0.717) is 8.96 Å². The first-order valence-corrected chi connectivity index (χ1v) is 6.11. The van der Waals surface area contributed by atoms with Gasteiger partial charge in [0, 0.05) is 12.8 Å². The molecule has 0 saturated carbocycles. The standard InChI is InChI=1S/C11H14Br2O3/c1-7(12)5-11(9(3)14,6-8(2)13)10(15)16-4/h1-2,5-6H2,3-4H3. The summed E-state index contributed by atoms with van der Waals surface area (Å²) in [6.07, 6.45) is 0.388. The summed E-state index contributed by atoms with van der Waals surface area (Å²) in [5, 5.41) is 0. The van der Waals surface area contributed by atoms with Gasteiger partial charge in [0.1, 0.15) is 11.2 Å². The van der Waals surface area contributed by atoms with Crippen LogP contribution < -0.4 is 0 Å². The van der Waals surface area contributed by atoms with E-state index in [1.807, 2.05) is 0 Å². The molecule has 0 fully saturated rings. The summed E-state index contributed by atoms with van der Waals surface area (Å²) in [6.45, 7) is 8.68. The molecule has 0 bridgehead atoms. The molecule has 5 heteroatoms. The summed E-state index contributed by atoms with van der Waals surface area (Å²) in [7, 11) is 1.26. The first kappa shape index (κ1) is 15.6. The molecule has 0 aliphatic carbocycles. The van der Waals surface area contributed by atoms with Crippen molar-refractivity contribution in [1.29, 1.82) is 0 Å². The van der Waals surface area contributed by atoms with Gasteiger partial charge < -0.3 is 4.74 Å². The zero-order valence-corrected chi connectivity index (χ0v) is 12.5. The van der Waals surface area contributed by atoms with E-state index in [1.54, 1.807) is 0 Å². The maximum Gasteiger partial charge on any atom is 0.320 e. The van der Waals surface area contributed by atoms with E-state index in [2.05, 4.69) is 45.0 Å². The van der Waals surface area contributed by atoms with Crippen LogP contribution in [0, 0.1) is 5.41 Å². The third-order valence-electron chi connectivity index (χ3n) is 2.24. The van der Waals surface area contributed by atoms with E-state index in [0.717, 1.165) is 0 Å². The number of hydrogen-bond acceptors (Lipinski definition) is 3. The molecule has 0 unspecified atom stereocenters. The van der Waals surface area contributed by atoms with E-state index in [9.17, 15) is 9.59 Å². The smallest absolute Gasteiger partial charge is 0.320 e. The lowest BCUT2D eigenvalue weighted by molar-refractivity contribution is -0.157. The number of allylic oxidation sites excluding steroid dienone is 2. The van der Waals surface area contributed by atoms with Crippen LogP contribution in [0.4, 0.5) is 0 Å². The van der Waals surface area contributed by atoms with Gasteiger partial charge in [0.25, 0.3) is 0 Å². The number of ketones is 1. The van der Waals surface area contributed by atoms with Crippen molar-refractivity contribution in [2.75, 3.05) is 7.11 Å². The SMILES string of the molecule is C=C(Br)CC(CC(=C)Br)(C(C)=O)C(=O)OC. The Kier molecular flexibility index (Phi) is 6.18. The van der Waals surface area contributed by atoms with Gasteiger partial charge in [-0.15, -0.1) is 0 Å². The van der Waals surface area contributed by atoms with Crippen LogP contribution in [0.25, 0.3) is 0 Å².